The van der Waals surface area contributed by atoms with Crippen molar-refractivity contribution in [2.45, 2.75) is 26.2 Å². The van der Waals surface area contributed by atoms with Gasteiger partial charge in [-0.15, -0.1) is 0 Å². The highest BCUT2D eigenvalue weighted by Gasteiger charge is 2.14. The van der Waals surface area contributed by atoms with Crippen LogP contribution >= 0.6 is 12.2 Å². The van der Waals surface area contributed by atoms with E-state index in [9.17, 15) is 4.79 Å². The van der Waals surface area contributed by atoms with Gasteiger partial charge in [0, 0.05) is 23.2 Å². The predicted octanol–water partition coefficient (Wildman–Crippen LogP) is 2.99. The molecule has 0 fully saturated rings. The van der Waals surface area contributed by atoms with Crippen molar-refractivity contribution in [1.82, 2.24) is 9.97 Å². The van der Waals surface area contributed by atoms with E-state index in [1.165, 1.54) is 0 Å². The van der Waals surface area contributed by atoms with Gasteiger partial charge in [-0.3, -0.25) is 9.78 Å². The van der Waals surface area contributed by atoms with Gasteiger partial charge in [0.2, 0.25) is 0 Å². The molecule has 2 rings (SSSR count). The van der Waals surface area contributed by atoms with Crippen molar-refractivity contribution >= 4 is 12.2 Å². The summed E-state index contributed by atoms with van der Waals surface area (Å²) in [5.74, 6) is 1.30. The third kappa shape index (κ3) is 3.39. The maximum atomic E-state index is 12.3. The molecule has 6 heteroatoms. The summed E-state index contributed by atoms with van der Waals surface area (Å²) in [7, 11) is 3.19. The van der Waals surface area contributed by atoms with E-state index in [1.807, 2.05) is 18.2 Å². The number of methoxy groups -OCH3 is 2. The monoisotopic (exact) mass is 320 g/mol. The first-order valence-corrected chi connectivity index (χ1v) is 7.55. The van der Waals surface area contributed by atoms with Crippen LogP contribution in [0.3, 0.4) is 0 Å². The largest absolute Gasteiger partial charge is 0.493 e. The van der Waals surface area contributed by atoms with E-state index in [1.54, 1.807) is 14.2 Å². The summed E-state index contributed by atoms with van der Waals surface area (Å²) in [6.07, 6.45) is 2.16. The minimum Gasteiger partial charge on any atom is -0.493 e. The van der Waals surface area contributed by atoms with E-state index >= 15 is 0 Å². The van der Waals surface area contributed by atoms with Crippen LogP contribution in [0.5, 0.6) is 11.5 Å². The second-order valence-electron chi connectivity index (χ2n) is 4.94. The van der Waals surface area contributed by atoms with Gasteiger partial charge in [-0.1, -0.05) is 25.5 Å². The molecule has 0 bridgehead atoms. The number of hydrogen-bond acceptors (Lipinski definition) is 4. The molecule has 0 saturated carbocycles. The van der Waals surface area contributed by atoms with Gasteiger partial charge in [-0.25, -0.2) is 0 Å². The maximum absolute atomic E-state index is 12.3. The van der Waals surface area contributed by atoms with E-state index in [-0.39, 0.29) is 5.56 Å². The molecule has 0 aliphatic rings. The fraction of sp³-hybridized carbons (Fsp3) is 0.375. The standard InChI is InChI=1S/C16H20N2O3S/c1-4-6-12-11(15(19)18-16(22)17-12)9-10-7-5-8-13(20-2)14(10)21-3/h5,7-8H,4,6,9H2,1-3H3,(H2,17,18,19,22). The summed E-state index contributed by atoms with van der Waals surface area (Å²) >= 11 is 5.06. The van der Waals surface area contributed by atoms with E-state index in [4.69, 9.17) is 21.7 Å². The molecular weight excluding hydrogens is 300 g/mol. The SMILES string of the molecule is CCCc1[nH]c(=S)[nH]c(=O)c1Cc1cccc(OC)c1OC. The molecule has 22 heavy (non-hydrogen) atoms. The molecule has 118 valence electrons. The Bertz CT molecular complexity index is 765. The van der Waals surface area contributed by atoms with Crippen LogP contribution in [0.4, 0.5) is 0 Å². The normalized spacial score (nSPS) is 10.5. The molecule has 2 aromatic rings. The molecule has 0 amide bonds. The third-order valence-corrected chi connectivity index (χ3v) is 3.69. The second kappa shape index (κ2) is 7.26. The molecule has 0 unspecified atom stereocenters. The number of rotatable bonds is 6. The molecular formula is C16H20N2O3S. The van der Waals surface area contributed by atoms with Crippen LogP contribution in [-0.2, 0) is 12.8 Å². The van der Waals surface area contributed by atoms with Crippen LogP contribution in [0.25, 0.3) is 0 Å². The lowest BCUT2D eigenvalue weighted by Crippen LogP contribution is -2.18. The molecule has 0 spiro atoms. The van der Waals surface area contributed by atoms with Gasteiger partial charge in [0.25, 0.3) is 5.56 Å². The number of ether oxygens (including phenoxy) is 2. The molecule has 5 nitrogen and oxygen atoms in total. The Morgan fingerprint density at radius 1 is 1.18 bits per heavy atom. The van der Waals surface area contributed by atoms with Crippen LogP contribution in [0, 0.1) is 4.77 Å². The van der Waals surface area contributed by atoms with Crippen LogP contribution in [-0.4, -0.2) is 24.2 Å². The summed E-state index contributed by atoms with van der Waals surface area (Å²) in [5.41, 5.74) is 2.30. The van der Waals surface area contributed by atoms with Crippen molar-refractivity contribution in [3.63, 3.8) is 0 Å². The second-order valence-corrected chi connectivity index (χ2v) is 5.35. The van der Waals surface area contributed by atoms with Crippen LogP contribution < -0.4 is 15.0 Å². The number of aromatic nitrogens is 2. The molecule has 1 heterocycles. The molecule has 1 aromatic carbocycles. The molecule has 0 atom stereocenters. The lowest BCUT2D eigenvalue weighted by atomic mass is 10.0. The smallest absolute Gasteiger partial charge is 0.255 e. The topological polar surface area (TPSA) is 67.1 Å². The fourth-order valence-corrected chi connectivity index (χ4v) is 2.71. The maximum Gasteiger partial charge on any atom is 0.255 e. The number of aromatic amines is 2. The zero-order valence-electron chi connectivity index (χ0n) is 13.0. The first-order valence-electron chi connectivity index (χ1n) is 7.14. The zero-order chi connectivity index (χ0) is 16.1. The summed E-state index contributed by atoms with van der Waals surface area (Å²) in [6, 6.07) is 5.64. The van der Waals surface area contributed by atoms with E-state index in [0.29, 0.717) is 28.3 Å². The fourth-order valence-electron chi connectivity index (χ4n) is 2.49. The number of aryl methyl sites for hydroxylation is 1. The lowest BCUT2D eigenvalue weighted by molar-refractivity contribution is 0.352. The van der Waals surface area contributed by atoms with Crippen molar-refractivity contribution in [2.75, 3.05) is 14.2 Å². The molecule has 0 aliphatic heterocycles. The van der Waals surface area contributed by atoms with Crippen molar-refractivity contribution in [1.29, 1.82) is 0 Å². The Labute approximate surface area is 134 Å². The lowest BCUT2D eigenvalue weighted by Gasteiger charge is -2.14. The highest BCUT2D eigenvalue weighted by molar-refractivity contribution is 7.71. The zero-order valence-corrected chi connectivity index (χ0v) is 13.8. The third-order valence-electron chi connectivity index (χ3n) is 3.48. The molecule has 2 N–H and O–H groups in total. The summed E-state index contributed by atoms with van der Waals surface area (Å²) < 4.78 is 11.1. The van der Waals surface area contributed by atoms with Gasteiger partial charge in [-0.2, -0.15) is 0 Å². The van der Waals surface area contributed by atoms with Gasteiger partial charge in [0.1, 0.15) is 0 Å². The van der Waals surface area contributed by atoms with Gasteiger partial charge >= 0.3 is 0 Å². The molecule has 0 aliphatic carbocycles. The van der Waals surface area contributed by atoms with Gasteiger partial charge < -0.3 is 14.5 Å². The minimum atomic E-state index is -0.155. The van der Waals surface area contributed by atoms with Crippen LogP contribution in [0.1, 0.15) is 30.2 Å². The van der Waals surface area contributed by atoms with E-state index < -0.39 is 0 Å². The number of benzene rings is 1. The first kappa shape index (κ1) is 16.3. The molecule has 1 aromatic heterocycles. The summed E-state index contributed by atoms with van der Waals surface area (Å²) in [4.78, 5) is 18.0. The van der Waals surface area contributed by atoms with Crippen molar-refractivity contribution in [3.8, 4) is 11.5 Å². The van der Waals surface area contributed by atoms with Crippen LogP contribution in [0.15, 0.2) is 23.0 Å². The van der Waals surface area contributed by atoms with Gasteiger partial charge in [-0.05, 0) is 24.7 Å². The number of nitrogens with one attached hydrogen (secondary N) is 2. The number of H-pyrrole nitrogens is 2. The quantitative estimate of drug-likeness (QED) is 0.803. The Morgan fingerprint density at radius 3 is 2.59 bits per heavy atom. The molecule has 0 saturated heterocycles. The first-order chi connectivity index (χ1) is 10.6. The van der Waals surface area contributed by atoms with Crippen LogP contribution in [0.2, 0.25) is 0 Å². The average molecular weight is 320 g/mol. The van der Waals surface area contributed by atoms with Gasteiger partial charge in [0.05, 0.1) is 14.2 Å². The van der Waals surface area contributed by atoms with Gasteiger partial charge in [0.15, 0.2) is 16.3 Å². The minimum absolute atomic E-state index is 0.155. The predicted molar refractivity (Wildman–Crippen MR) is 88.6 cm³/mol. The average Bonchev–Trinajstić information content (AvgIpc) is 2.50. The Balaban J connectivity index is 2.52. The summed E-state index contributed by atoms with van der Waals surface area (Å²) in [5, 5.41) is 0. The number of hydrogen-bond donors (Lipinski definition) is 2. The highest BCUT2D eigenvalue weighted by atomic mass is 32.1. The van der Waals surface area contributed by atoms with Crippen molar-refractivity contribution < 1.29 is 9.47 Å². The highest BCUT2D eigenvalue weighted by Crippen LogP contribution is 2.32. The van der Waals surface area contributed by atoms with E-state index in [2.05, 4.69) is 16.9 Å². The molecule has 0 radical (unpaired) electrons. The Hall–Kier alpha value is -2.08. The van der Waals surface area contributed by atoms with Crippen molar-refractivity contribution in [3.05, 3.63) is 50.1 Å². The number of para-hydroxylation sites is 1. The van der Waals surface area contributed by atoms with Crippen molar-refractivity contribution in [2.24, 2.45) is 0 Å². The summed E-state index contributed by atoms with van der Waals surface area (Å²) in [6.45, 7) is 2.06. The Morgan fingerprint density at radius 2 is 1.95 bits per heavy atom. The Kier molecular flexibility index (Phi) is 5.38. The van der Waals surface area contributed by atoms with E-state index in [0.717, 1.165) is 24.1 Å².